The van der Waals surface area contributed by atoms with Gasteiger partial charge in [-0.05, 0) is 56.2 Å². The Morgan fingerprint density at radius 1 is 1.07 bits per heavy atom. The molecule has 1 unspecified atom stereocenters. The van der Waals surface area contributed by atoms with Crippen LogP contribution in [0.1, 0.15) is 56.5 Å². The van der Waals surface area contributed by atoms with Gasteiger partial charge in [-0.25, -0.2) is 4.99 Å². The van der Waals surface area contributed by atoms with Gasteiger partial charge in [-0.1, -0.05) is 26.0 Å². The maximum absolute atomic E-state index is 11.8. The van der Waals surface area contributed by atoms with Crippen LogP contribution in [0.5, 0.6) is 0 Å². The maximum atomic E-state index is 11.8. The van der Waals surface area contributed by atoms with Gasteiger partial charge in [0.2, 0.25) is 0 Å². The van der Waals surface area contributed by atoms with Crippen LogP contribution in [0.4, 0.5) is 0 Å². The van der Waals surface area contributed by atoms with Crippen LogP contribution in [0.15, 0.2) is 29.3 Å². The van der Waals surface area contributed by atoms with E-state index in [1.165, 1.54) is 0 Å². The summed E-state index contributed by atoms with van der Waals surface area (Å²) in [6.45, 7) is 11.3. The van der Waals surface area contributed by atoms with E-state index in [9.17, 15) is 9.90 Å². The zero-order valence-electron chi connectivity index (χ0n) is 17.2. The number of hydrogen-bond acceptors (Lipinski definition) is 3. The van der Waals surface area contributed by atoms with Gasteiger partial charge in [0.05, 0.1) is 6.54 Å². The summed E-state index contributed by atoms with van der Waals surface area (Å²) in [5.41, 5.74) is 1.71. The molecular weight excluding hydrogens is 340 g/mol. The Bertz CT molecular complexity index is 570. The first kappa shape index (κ1) is 23.0. The molecule has 0 fully saturated rings. The molecule has 152 valence electrons. The smallest absolute Gasteiger partial charge is 0.251 e. The van der Waals surface area contributed by atoms with Crippen molar-refractivity contribution in [3.63, 3.8) is 0 Å². The van der Waals surface area contributed by atoms with Crippen molar-refractivity contribution in [2.45, 2.75) is 47.1 Å². The first-order valence-electron chi connectivity index (χ1n) is 10.00. The minimum atomic E-state index is -0.0531. The Morgan fingerprint density at radius 2 is 1.74 bits per heavy atom. The topological polar surface area (TPSA) is 85.8 Å². The highest BCUT2D eigenvalue weighted by atomic mass is 16.3. The predicted octanol–water partition coefficient (Wildman–Crippen LogP) is 2.54. The third-order valence-electron chi connectivity index (χ3n) is 4.22. The number of nitrogens with zero attached hydrogens (tertiary/aromatic N) is 1. The average molecular weight is 377 g/mol. The minimum absolute atomic E-state index is 0.0531. The number of hydrogen-bond donors (Lipinski definition) is 4. The number of amides is 1. The molecule has 6 heteroatoms. The number of guanidine groups is 1. The highest BCUT2D eigenvalue weighted by Crippen LogP contribution is 2.14. The summed E-state index contributed by atoms with van der Waals surface area (Å²) in [6.07, 6.45) is 1.88. The van der Waals surface area contributed by atoms with E-state index >= 15 is 0 Å². The Kier molecular flexibility index (Phi) is 11.2. The Hall–Kier alpha value is -2.08. The molecule has 4 N–H and O–H groups in total. The summed E-state index contributed by atoms with van der Waals surface area (Å²) in [5, 5.41) is 18.7. The average Bonchev–Trinajstić information content (AvgIpc) is 2.64. The van der Waals surface area contributed by atoms with E-state index in [1.54, 1.807) is 0 Å². The Labute approximate surface area is 163 Å². The van der Waals surface area contributed by atoms with Gasteiger partial charge >= 0.3 is 0 Å². The minimum Gasteiger partial charge on any atom is -0.396 e. The molecule has 0 aromatic heterocycles. The summed E-state index contributed by atoms with van der Waals surface area (Å²) in [6, 6.07) is 7.53. The zero-order valence-corrected chi connectivity index (χ0v) is 17.2. The Balaban J connectivity index is 2.65. The number of aliphatic imine (C=N–C) groups is 1. The fourth-order valence-electron chi connectivity index (χ4n) is 2.93. The van der Waals surface area contributed by atoms with Crippen molar-refractivity contribution in [1.29, 1.82) is 0 Å². The zero-order chi connectivity index (χ0) is 20.1. The molecule has 1 rings (SSSR count). The summed E-state index contributed by atoms with van der Waals surface area (Å²) in [5.74, 6) is 1.75. The third kappa shape index (κ3) is 9.43. The lowest BCUT2D eigenvalue weighted by atomic mass is 9.94. The number of benzene rings is 1. The van der Waals surface area contributed by atoms with Gasteiger partial charge in [0, 0.05) is 31.8 Å². The SMILES string of the molecule is CCNC(=O)c1ccc(CN=C(NCC)NCC(CCO)CC(C)C)cc1. The maximum Gasteiger partial charge on any atom is 0.251 e. The van der Waals surface area contributed by atoms with Gasteiger partial charge in [0.1, 0.15) is 0 Å². The van der Waals surface area contributed by atoms with Gasteiger partial charge in [-0.15, -0.1) is 0 Å². The van der Waals surface area contributed by atoms with Gasteiger partial charge in [-0.2, -0.15) is 0 Å². The van der Waals surface area contributed by atoms with Gasteiger partial charge in [0.15, 0.2) is 5.96 Å². The van der Waals surface area contributed by atoms with E-state index in [0.29, 0.717) is 30.5 Å². The molecule has 0 aliphatic carbocycles. The Morgan fingerprint density at radius 3 is 2.30 bits per heavy atom. The molecule has 0 radical (unpaired) electrons. The van der Waals surface area contributed by atoms with Crippen molar-refractivity contribution >= 4 is 11.9 Å². The molecule has 1 amide bonds. The quantitative estimate of drug-likeness (QED) is 0.353. The van der Waals surface area contributed by atoms with Crippen LogP contribution in [0.2, 0.25) is 0 Å². The van der Waals surface area contributed by atoms with Crippen molar-refractivity contribution in [3.8, 4) is 0 Å². The van der Waals surface area contributed by atoms with Crippen molar-refractivity contribution < 1.29 is 9.90 Å². The summed E-state index contributed by atoms with van der Waals surface area (Å²) in [7, 11) is 0. The summed E-state index contributed by atoms with van der Waals surface area (Å²) >= 11 is 0. The van der Waals surface area contributed by atoms with E-state index in [0.717, 1.165) is 37.5 Å². The molecule has 27 heavy (non-hydrogen) atoms. The van der Waals surface area contributed by atoms with Crippen LogP contribution >= 0.6 is 0 Å². The summed E-state index contributed by atoms with van der Waals surface area (Å²) in [4.78, 5) is 16.4. The molecule has 1 aromatic carbocycles. The van der Waals surface area contributed by atoms with Gasteiger partial charge in [0.25, 0.3) is 5.91 Å². The van der Waals surface area contributed by atoms with E-state index in [-0.39, 0.29) is 12.5 Å². The van der Waals surface area contributed by atoms with Crippen LogP contribution < -0.4 is 16.0 Å². The van der Waals surface area contributed by atoms with Crippen molar-refractivity contribution in [2.75, 3.05) is 26.2 Å². The molecule has 0 aliphatic rings. The van der Waals surface area contributed by atoms with Crippen LogP contribution in [-0.2, 0) is 6.54 Å². The highest BCUT2D eigenvalue weighted by molar-refractivity contribution is 5.94. The predicted molar refractivity (Wildman–Crippen MR) is 112 cm³/mol. The van der Waals surface area contributed by atoms with Crippen molar-refractivity contribution in [3.05, 3.63) is 35.4 Å². The van der Waals surface area contributed by atoms with E-state index in [2.05, 4.69) is 34.8 Å². The number of carbonyl (C=O) groups is 1. The molecular formula is C21H36N4O2. The largest absolute Gasteiger partial charge is 0.396 e. The van der Waals surface area contributed by atoms with Crippen LogP contribution in [-0.4, -0.2) is 43.2 Å². The molecule has 0 spiro atoms. The van der Waals surface area contributed by atoms with E-state index in [4.69, 9.17) is 0 Å². The lowest BCUT2D eigenvalue weighted by Crippen LogP contribution is -2.40. The molecule has 0 bridgehead atoms. The second kappa shape index (κ2) is 13.1. The molecule has 1 atom stereocenters. The number of aliphatic hydroxyl groups excluding tert-OH is 1. The number of carbonyl (C=O) groups excluding carboxylic acids is 1. The first-order valence-corrected chi connectivity index (χ1v) is 10.00. The molecule has 1 aromatic rings. The monoisotopic (exact) mass is 376 g/mol. The fourth-order valence-corrected chi connectivity index (χ4v) is 2.93. The second-order valence-corrected chi connectivity index (χ2v) is 7.14. The fraction of sp³-hybridized carbons (Fsp3) is 0.619. The molecule has 0 saturated heterocycles. The molecule has 6 nitrogen and oxygen atoms in total. The van der Waals surface area contributed by atoms with Crippen molar-refractivity contribution in [2.24, 2.45) is 16.8 Å². The van der Waals surface area contributed by atoms with Crippen LogP contribution in [0.3, 0.4) is 0 Å². The number of aliphatic hydroxyl groups is 1. The lowest BCUT2D eigenvalue weighted by molar-refractivity contribution is 0.0956. The van der Waals surface area contributed by atoms with Crippen LogP contribution in [0.25, 0.3) is 0 Å². The van der Waals surface area contributed by atoms with E-state index in [1.807, 2.05) is 38.1 Å². The van der Waals surface area contributed by atoms with Gasteiger partial charge in [-0.3, -0.25) is 4.79 Å². The normalized spacial score (nSPS) is 12.7. The summed E-state index contributed by atoms with van der Waals surface area (Å²) < 4.78 is 0. The third-order valence-corrected chi connectivity index (χ3v) is 4.22. The molecule has 0 aliphatic heterocycles. The van der Waals surface area contributed by atoms with Gasteiger partial charge < -0.3 is 21.1 Å². The van der Waals surface area contributed by atoms with E-state index < -0.39 is 0 Å². The molecule has 0 saturated carbocycles. The standard InChI is InChI=1S/C21H36N4O2/c1-5-22-20(27)19-9-7-17(8-10-19)14-24-21(23-6-2)25-15-18(11-12-26)13-16(3)4/h7-10,16,18,26H,5-6,11-15H2,1-4H3,(H,22,27)(H2,23,24,25). The van der Waals surface area contributed by atoms with Crippen molar-refractivity contribution in [1.82, 2.24) is 16.0 Å². The molecule has 0 heterocycles. The lowest BCUT2D eigenvalue weighted by Gasteiger charge is -2.20. The second-order valence-electron chi connectivity index (χ2n) is 7.14. The number of rotatable bonds is 11. The van der Waals surface area contributed by atoms with Crippen LogP contribution in [0, 0.1) is 11.8 Å². The first-order chi connectivity index (χ1) is 13.0. The highest BCUT2D eigenvalue weighted by Gasteiger charge is 2.11. The number of nitrogens with one attached hydrogen (secondary N) is 3.